The highest BCUT2D eigenvalue weighted by Crippen LogP contribution is 2.23. The smallest absolute Gasteiger partial charge is 0.249 e. The monoisotopic (exact) mass is 902 g/mol. The molecule has 1 aliphatic heterocycles. The summed E-state index contributed by atoms with van der Waals surface area (Å²) in [5, 5.41) is 75.6. The van der Waals surface area contributed by atoms with Crippen LogP contribution in [0.2, 0.25) is 0 Å². The Hall–Kier alpha value is -0.890. The number of carbonyl (C=O) groups is 1. The fourth-order valence-electron chi connectivity index (χ4n) is 8.97. The average molecular weight is 902 g/mol. The lowest BCUT2D eigenvalue weighted by Crippen LogP contribution is -2.60. The molecule has 0 aromatic heterocycles. The highest BCUT2D eigenvalue weighted by atomic mass is 16.7. The van der Waals surface area contributed by atoms with Gasteiger partial charge in [-0.15, -0.1) is 0 Å². The van der Waals surface area contributed by atoms with Gasteiger partial charge in [0.25, 0.3) is 0 Å². The van der Waals surface area contributed by atoms with Crippen LogP contribution in [0.5, 0.6) is 0 Å². The molecule has 1 heterocycles. The van der Waals surface area contributed by atoms with Gasteiger partial charge in [0.15, 0.2) is 6.29 Å². The SMILES string of the molecule is CCCCCCCCCCCCCCCCCCCCCCCCCCCCCCC(O)C(=O)NC(COC1OC(CO)C(O)C(O)C1O)C(O)C(O)CCCCCCCCCC. The minimum atomic E-state index is -1.66. The summed E-state index contributed by atoms with van der Waals surface area (Å²) in [6.07, 6.45) is 34.9. The van der Waals surface area contributed by atoms with Gasteiger partial charge < -0.3 is 50.5 Å². The molecule has 1 amide bonds. The zero-order valence-corrected chi connectivity index (χ0v) is 40.8. The second kappa shape index (κ2) is 42.5. The van der Waals surface area contributed by atoms with Crippen LogP contribution < -0.4 is 5.32 Å². The first kappa shape index (κ1) is 60.1. The Kier molecular flexibility index (Phi) is 40.5. The third-order valence-electron chi connectivity index (χ3n) is 13.4. The minimum absolute atomic E-state index is 0.266. The predicted molar refractivity (Wildman–Crippen MR) is 256 cm³/mol. The normalized spacial score (nSPS) is 21.1. The summed E-state index contributed by atoms with van der Waals surface area (Å²) in [6.45, 7) is 3.42. The summed E-state index contributed by atoms with van der Waals surface area (Å²) in [4.78, 5) is 13.1. The molecule has 0 bridgehead atoms. The third-order valence-corrected chi connectivity index (χ3v) is 13.4. The van der Waals surface area contributed by atoms with Crippen LogP contribution in [0.15, 0.2) is 0 Å². The molecule has 0 saturated carbocycles. The number of amides is 1. The van der Waals surface area contributed by atoms with Crippen LogP contribution in [0.1, 0.15) is 258 Å². The lowest BCUT2D eigenvalue weighted by atomic mass is 9.98. The topological polar surface area (TPSA) is 189 Å². The Morgan fingerprint density at radius 3 is 1.17 bits per heavy atom. The van der Waals surface area contributed by atoms with Crippen molar-refractivity contribution in [3.8, 4) is 0 Å². The first-order valence-electron chi connectivity index (χ1n) is 26.9. The molecule has 11 heteroatoms. The molecule has 1 aliphatic rings. The second-order valence-corrected chi connectivity index (χ2v) is 19.3. The van der Waals surface area contributed by atoms with Crippen molar-refractivity contribution in [2.45, 2.75) is 313 Å². The van der Waals surface area contributed by atoms with E-state index in [4.69, 9.17) is 9.47 Å². The summed E-state index contributed by atoms with van der Waals surface area (Å²) in [5.41, 5.74) is 0. The summed E-state index contributed by atoms with van der Waals surface area (Å²) >= 11 is 0. The fraction of sp³-hybridized carbons (Fsp3) is 0.981. The van der Waals surface area contributed by atoms with E-state index in [0.717, 1.165) is 38.5 Å². The van der Waals surface area contributed by atoms with Crippen LogP contribution >= 0.6 is 0 Å². The molecule has 0 aromatic carbocycles. The van der Waals surface area contributed by atoms with Crippen LogP contribution in [0.25, 0.3) is 0 Å². The van der Waals surface area contributed by atoms with Gasteiger partial charge >= 0.3 is 0 Å². The van der Waals surface area contributed by atoms with E-state index in [-0.39, 0.29) is 6.42 Å². The van der Waals surface area contributed by atoms with Gasteiger partial charge in [0.2, 0.25) is 5.91 Å². The molecular weight excluding hydrogens is 799 g/mol. The zero-order valence-electron chi connectivity index (χ0n) is 40.8. The molecule has 0 aliphatic carbocycles. The Morgan fingerprint density at radius 2 is 0.825 bits per heavy atom. The maximum atomic E-state index is 13.1. The van der Waals surface area contributed by atoms with Crippen molar-refractivity contribution >= 4 is 5.91 Å². The van der Waals surface area contributed by atoms with Crippen molar-refractivity contribution in [1.29, 1.82) is 0 Å². The number of unbranched alkanes of at least 4 members (excludes halogenated alkanes) is 34. The first-order valence-corrected chi connectivity index (χ1v) is 26.9. The lowest BCUT2D eigenvalue weighted by molar-refractivity contribution is -0.303. The number of carbonyl (C=O) groups excluding carboxylic acids is 1. The number of hydrogen-bond acceptors (Lipinski definition) is 10. The summed E-state index contributed by atoms with van der Waals surface area (Å²) in [6, 6.07) is -1.16. The predicted octanol–water partition coefficient (Wildman–Crippen LogP) is 10.2. The molecule has 11 nitrogen and oxygen atoms in total. The zero-order chi connectivity index (χ0) is 46.2. The molecule has 63 heavy (non-hydrogen) atoms. The van der Waals surface area contributed by atoms with Gasteiger partial charge in [-0.05, 0) is 12.8 Å². The Balaban J connectivity index is 2.18. The van der Waals surface area contributed by atoms with Crippen LogP contribution in [0, 0.1) is 0 Å². The molecule has 0 radical (unpaired) electrons. The molecule has 9 unspecified atom stereocenters. The molecule has 1 saturated heterocycles. The number of nitrogens with one attached hydrogen (secondary N) is 1. The number of aliphatic hydroxyl groups is 7. The molecule has 1 rings (SSSR count). The Morgan fingerprint density at radius 1 is 0.492 bits per heavy atom. The third kappa shape index (κ3) is 31.7. The van der Waals surface area contributed by atoms with E-state index in [0.29, 0.717) is 19.3 Å². The number of ether oxygens (including phenoxy) is 2. The van der Waals surface area contributed by atoms with Gasteiger partial charge in [0.05, 0.1) is 25.4 Å². The molecule has 376 valence electrons. The van der Waals surface area contributed by atoms with Crippen molar-refractivity contribution in [3.63, 3.8) is 0 Å². The summed E-state index contributed by atoms with van der Waals surface area (Å²) in [7, 11) is 0. The van der Waals surface area contributed by atoms with E-state index in [9.17, 15) is 40.5 Å². The van der Waals surface area contributed by atoms with Gasteiger partial charge in [0.1, 0.15) is 36.6 Å². The fourth-order valence-corrected chi connectivity index (χ4v) is 8.97. The molecule has 1 fully saturated rings. The molecule has 0 spiro atoms. The average Bonchev–Trinajstić information content (AvgIpc) is 3.28. The Labute approximate surface area is 386 Å². The summed E-state index contributed by atoms with van der Waals surface area (Å²) < 4.78 is 11.1. The van der Waals surface area contributed by atoms with Crippen molar-refractivity contribution in [1.82, 2.24) is 5.32 Å². The standard InChI is InChI=1S/C52H103NO10/c1-3-5-7-9-11-13-14-15-16-17-18-19-20-21-22-23-24-25-26-27-28-29-30-31-32-34-36-38-40-45(56)51(61)53-43(42-62-52-50(60)49(59)48(58)46(41-54)63-52)47(57)44(55)39-37-35-33-12-10-8-6-4-2/h43-50,52,54-60H,3-42H2,1-2H3,(H,53,61). The van der Waals surface area contributed by atoms with Gasteiger partial charge in [-0.3, -0.25) is 4.79 Å². The van der Waals surface area contributed by atoms with Crippen LogP contribution in [0.4, 0.5) is 0 Å². The Bertz CT molecular complexity index is 991. The van der Waals surface area contributed by atoms with E-state index in [1.807, 2.05) is 0 Å². The largest absolute Gasteiger partial charge is 0.394 e. The highest BCUT2D eigenvalue weighted by Gasteiger charge is 2.44. The summed E-state index contributed by atoms with van der Waals surface area (Å²) in [5.74, 6) is -0.694. The van der Waals surface area contributed by atoms with Crippen molar-refractivity contribution in [3.05, 3.63) is 0 Å². The van der Waals surface area contributed by atoms with Crippen molar-refractivity contribution in [2.24, 2.45) is 0 Å². The maximum Gasteiger partial charge on any atom is 0.249 e. The van der Waals surface area contributed by atoms with Crippen LogP contribution in [-0.2, 0) is 14.3 Å². The van der Waals surface area contributed by atoms with E-state index >= 15 is 0 Å². The first-order chi connectivity index (χ1) is 30.7. The van der Waals surface area contributed by atoms with Crippen molar-refractivity contribution in [2.75, 3.05) is 13.2 Å². The van der Waals surface area contributed by atoms with E-state index in [1.165, 1.54) is 180 Å². The van der Waals surface area contributed by atoms with Gasteiger partial charge in [-0.25, -0.2) is 0 Å². The highest BCUT2D eigenvalue weighted by molar-refractivity contribution is 5.80. The van der Waals surface area contributed by atoms with Crippen LogP contribution in [0.3, 0.4) is 0 Å². The number of aliphatic hydroxyl groups excluding tert-OH is 7. The van der Waals surface area contributed by atoms with E-state index in [1.54, 1.807) is 0 Å². The second-order valence-electron chi connectivity index (χ2n) is 19.3. The molecule has 8 N–H and O–H groups in total. The maximum absolute atomic E-state index is 13.1. The van der Waals surface area contributed by atoms with Crippen LogP contribution in [-0.4, -0.2) is 110 Å². The molecular formula is C52H103NO10. The molecule has 0 aromatic rings. The van der Waals surface area contributed by atoms with E-state index in [2.05, 4.69) is 19.2 Å². The lowest BCUT2D eigenvalue weighted by Gasteiger charge is -2.40. The quantitative estimate of drug-likeness (QED) is 0.0273. The van der Waals surface area contributed by atoms with Gasteiger partial charge in [-0.2, -0.15) is 0 Å². The molecule has 9 atom stereocenters. The number of hydrogen-bond donors (Lipinski definition) is 8. The minimum Gasteiger partial charge on any atom is -0.394 e. The van der Waals surface area contributed by atoms with Gasteiger partial charge in [-0.1, -0.05) is 245 Å². The van der Waals surface area contributed by atoms with E-state index < -0.39 is 74.2 Å². The van der Waals surface area contributed by atoms with Gasteiger partial charge in [0, 0.05) is 0 Å². The number of rotatable bonds is 46. The van der Waals surface area contributed by atoms with Crippen molar-refractivity contribution < 1.29 is 50.0 Å².